The van der Waals surface area contributed by atoms with Gasteiger partial charge in [-0.15, -0.1) is 11.3 Å². The van der Waals surface area contributed by atoms with Crippen LogP contribution in [0, 0.1) is 11.3 Å². The number of hydrogen-bond acceptors (Lipinski definition) is 7. The van der Waals surface area contributed by atoms with Gasteiger partial charge in [-0.2, -0.15) is 5.26 Å². The third-order valence-corrected chi connectivity index (χ3v) is 7.91. The molecule has 0 bridgehead atoms. The first-order chi connectivity index (χ1) is 13.0. The number of aryl methyl sites for hydroxylation is 1. The normalized spacial score (nSPS) is 12.3. The molecule has 3 rings (SSSR count). The summed E-state index contributed by atoms with van der Waals surface area (Å²) in [6.07, 6.45) is 0.403. The Hall–Kier alpha value is -2.54. The summed E-state index contributed by atoms with van der Waals surface area (Å²) in [6.45, 7) is 1.80. The predicted octanol–water partition coefficient (Wildman–Crippen LogP) is 3.59. The number of carbonyl (C=O) groups is 1. The van der Waals surface area contributed by atoms with Crippen molar-refractivity contribution in [2.75, 3.05) is 0 Å². The smallest absolute Gasteiger partial charge is 0.264 e. The second-order valence-electron chi connectivity index (χ2n) is 5.48. The van der Waals surface area contributed by atoms with Crippen LogP contribution in [-0.2, 0) is 16.3 Å². The van der Waals surface area contributed by atoms with Crippen molar-refractivity contribution in [3.8, 4) is 6.07 Å². The lowest BCUT2D eigenvalue weighted by Crippen LogP contribution is -2.27. The number of nitrogens with one attached hydrogen (secondary N) is 1. The van der Waals surface area contributed by atoms with Crippen molar-refractivity contribution >= 4 is 38.4 Å². The van der Waals surface area contributed by atoms with Gasteiger partial charge in [0.15, 0.2) is 6.04 Å². The second kappa shape index (κ2) is 8.00. The molecule has 1 atom stereocenters. The summed E-state index contributed by atoms with van der Waals surface area (Å²) in [4.78, 5) is 17.9. The number of nitrogens with zero attached hydrogens (tertiary/aromatic N) is 2. The largest absolute Gasteiger partial charge is 0.331 e. The Morgan fingerprint density at radius 1 is 1.26 bits per heavy atom. The number of nitriles is 1. The van der Waals surface area contributed by atoms with Crippen LogP contribution in [0.4, 0.5) is 0 Å². The molecular formula is C18H15N3O3S3. The Morgan fingerprint density at radius 3 is 2.59 bits per heavy atom. The van der Waals surface area contributed by atoms with Crippen LogP contribution in [0.5, 0.6) is 0 Å². The average molecular weight is 418 g/mol. The molecule has 1 unspecified atom stereocenters. The van der Waals surface area contributed by atoms with Crippen molar-refractivity contribution < 1.29 is 13.2 Å². The highest BCUT2D eigenvalue weighted by Gasteiger charge is 2.27. The number of aromatic nitrogens is 1. The maximum absolute atomic E-state index is 12.8. The lowest BCUT2D eigenvalue weighted by molar-refractivity contribution is 0.0948. The number of amides is 1. The second-order valence-corrected chi connectivity index (χ2v) is 9.58. The lowest BCUT2D eigenvalue weighted by atomic mass is 10.2. The SMILES string of the molecule is CCc1nc(S(=O)(=O)c2ccccc2)sc1C(=O)NC(C#N)c1cccs1. The Morgan fingerprint density at radius 2 is 2.00 bits per heavy atom. The molecule has 0 aliphatic heterocycles. The summed E-state index contributed by atoms with van der Waals surface area (Å²) in [5.74, 6) is -0.501. The Kier molecular flexibility index (Phi) is 5.70. The minimum Gasteiger partial charge on any atom is -0.331 e. The van der Waals surface area contributed by atoms with E-state index in [1.165, 1.54) is 23.5 Å². The van der Waals surface area contributed by atoms with Gasteiger partial charge >= 0.3 is 0 Å². The van der Waals surface area contributed by atoms with Gasteiger partial charge in [0.1, 0.15) is 4.88 Å². The van der Waals surface area contributed by atoms with E-state index in [-0.39, 0.29) is 14.1 Å². The van der Waals surface area contributed by atoms with Gasteiger partial charge in [-0.25, -0.2) is 13.4 Å². The molecule has 2 heterocycles. The van der Waals surface area contributed by atoms with Gasteiger partial charge < -0.3 is 5.32 Å². The van der Waals surface area contributed by atoms with E-state index in [0.29, 0.717) is 17.0 Å². The van der Waals surface area contributed by atoms with Gasteiger partial charge in [-0.1, -0.05) is 42.5 Å². The third kappa shape index (κ3) is 3.93. The first-order valence-electron chi connectivity index (χ1n) is 8.01. The number of benzene rings is 1. The Balaban J connectivity index is 1.93. The van der Waals surface area contributed by atoms with Crippen molar-refractivity contribution in [2.45, 2.75) is 28.6 Å². The molecule has 0 aliphatic carbocycles. The number of thiophene rings is 1. The number of sulfone groups is 1. The first kappa shape index (κ1) is 19.2. The third-order valence-electron chi connectivity index (χ3n) is 3.73. The summed E-state index contributed by atoms with van der Waals surface area (Å²) in [5.41, 5.74) is 0.398. The van der Waals surface area contributed by atoms with E-state index in [0.717, 1.165) is 11.3 Å². The van der Waals surface area contributed by atoms with E-state index in [1.807, 2.05) is 11.4 Å². The quantitative estimate of drug-likeness (QED) is 0.661. The summed E-state index contributed by atoms with van der Waals surface area (Å²) in [7, 11) is -3.80. The Labute approximate surface area is 165 Å². The number of thiazole rings is 1. The number of carbonyl (C=O) groups excluding carboxylic acids is 1. The van der Waals surface area contributed by atoms with E-state index < -0.39 is 21.8 Å². The van der Waals surface area contributed by atoms with Gasteiger partial charge in [0, 0.05) is 4.88 Å². The molecule has 9 heteroatoms. The van der Waals surface area contributed by atoms with Crippen molar-refractivity contribution in [3.63, 3.8) is 0 Å². The highest BCUT2D eigenvalue weighted by Crippen LogP contribution is 2.29. The zero-order valence-electron chi connectivity index (χ0n) is 14.2. The number of hydrogen-bond donors (Lipinski definition) is 1. The van der Waals surface area contributed by atoms with Crippen molar-refractivity contribution in [1.82, 2.24) is 10.3 Å². The zero-order chi connectivity index (χ0) is 19.4. The van der Waals surface area contributed by atoms with Gasteiger partial charge in [-0.3, -0.25) is 4.79 Å². The van der Waals surface area contributed by atoms with Crippen LogP contribution in [0.1, 0.15) is 33.2 Å². The van der Waals surface area contributed by atoms with Gasteiger partial charge in [-0.05, 0) is 30.0 Å². The fourth-order valence-corrected chi connectivity index (χ4v) is 5.82. The van der Waals surface area contributed by atoms with Gasteiger partial charge in [0.2, 0.25) is 14.2 Å². The minimum absolute atomic E-state index is 0.125. The first-order valence-corrected chi connectivity index (χ1v) is 11.2. The molecule has 0 spiro atoms. The molecule has 1 N–H and O–H groups in total. The summed E-state index contributed by atoms with van der Waals surface area (Å²) < 4.78 is 25.4. The topological polar surface area (TPSA) is 99.9 Å². The molecule has 0 radical (unpaired) electrons. The maximum Gasteiger partial charge on any atom is 0.264 e. The van der Waals surface area contributed by atoms with Crippen LogP contribution in [-0.4, -0.2) is 19.3 Å². The Bertz CT molecular complexity index is 1080. The van der Waals surface area contributed by atoms with E-state index in [9.17, 15) is 18.5 Å². The molecule has 27 heavy (non-hydrogen) atoms. The molecule has 0 aliphatic rings. The van der Waals surface area contributed by atoms with Crippen molar-refractivity contribution in [3.05, 3.63) is 63.3 Å². The minimum atomic E-state index is -3.80. The van der Waals surface area contributed by atoms with E-state index in [4.69, 9.17) is 0 Å². The van der Waals surface area contributed by atoms with Crippen LogP contribution in [0.3, 0.4) is 0 Å². The lowest BCUT2D eigenvalue weighted by Gasteiger charge is -2.09. The predicted molar refractivity (Wildman–Crippen MR) is 104 cm³/mol. The van der Waals surface area contributed by atoms with E-state index in [1.54, 1.807) is 37.3 Å². The molecular weight excluding hydrogens is 402 g/mol. The molecule has 1 aromatic carbocycles. The highest BCUT2D eigenvalue weighted by atomic mass is 32.2. The van der Waals surface area contributed by atoms with E-state index >= 15 is 0 Å². The molecule has 0 saturated carbocycles. The van der Waals surface area contributed by atoms with Crippen molar-refractivity contribution in [1.29, 1.82) is 5.26 Å². The maximum atomic E-state index is 12.8. The van der Waals surface area contributed by atoms with E-state index in [2.05, 4.69) is 10.3 Å². The monoisotopic (exact) mass is 417 g/mol. The molecule has 3 aromatic rings. The van der Waals surface area contributed by atoms with Crippen LogP contribution in [0.15, 0.2) is 57.1 Å². The van der Waals surface area contributed by atoms with Crippen molar-refractivity contribution in [2.24, 2.45) is 0 Å². The summed E-state index contributed by atoms with van der Waals surface area (Å²) in [6, 6.07) is 12.8. The molecule has 1 amide bonds. The fraction of sp³-hybridized carbons (Fsp3) is 0.167. The molecule has 0 fully saturated rings. The molecule has 6 nitrogen and oxygen atoms in total. The standard InChI is InChI=1S/C18H15N3O3S3/c1-2-13-16(17(22)20-14(11-19)15-9-6-10-25-15)26-18(21-13)27(23,24)12-7-4-3-5-8-12/h3-10,14H,2H2,1H3,(H,20,22). The van der Waals surface area contributed by atoms with Crippen LogP contribution < -0.4 is 5.32 Å². The molecule has 138 valence electrons. The number of rotatable bonds is 6. The van der Waals surface area contributed by atoms with Gasteiger partial charge in [0.05, 0.1) is 16.7 Å². The summed E-state index contributed by atoms with van der Waals surface area (Å²) in [5, 5.41) is 13.8. The van der Waals surface area contributed by atoms with Gasteiger partial charge in [0.25, 0.3) is 5.91 Å². The highest BCUT2D eigenvalue weighted by molar-refractivity contribution is 7.93. The van der Waals surface area contributed by atoms with Crippen LogP contribution in [0.25, 0.3) is 0 Å². The molecule has 2 aromatic heterocycles. The average Bonchev–Trinajstić information content (AvgIpc) is 3.36. The summed E-state index contributed by atoms with van der Waals surface area (Å²) >= 11 is 2.19. The van der Waals surface area contributed by atoms with Crippen LogP contribution in [0.2, 0.25) is 0 Å². The fourth-order valence-electron chi connectivity index (χ4n) is 2.38. The molecule has 0 saturated heterocycles. The van der Waals surface area contributed by atoms with Crippen LogP contribution >= 0.6 is 22.7 Å². The zero-order valence-corrected chi connectivity index (χ0v) is 16.7.